The van der Waals surface area contributed by atoms with E-state index in [-0.39, 0.29) is 11.7 Å². The average molecular weight is 356 g/mol. The number of amides is 1. The molecule has 4 rings (SSSR count). The van der Waals surface area contributed by atoms with Crippen molar-refractivity contribution in [1.82, 2.24) is 9.78 Å². The second-order valence-electron chi connectivity index (χ2n) is 5.99. The molecule has 0 unspecified atom stereocenters. The number of aryl methyl sites for hydroxylation is 1. The zero-order chi connectivity index (χ0) is 17.4. The molecule has 1 amide bonds. The molecule has 4 nitrogen and oxygen atoms in total. The monoisotopic (exact) mass is 355 g/mol. The summed E-state index contributed by atoms with van der Waals surface area (Å²) in [7, 11) is 0. The van der Waals surface area contributed by atoms with E-state index in [2.05, 4.69) is 5.10 Å². The van der Waals surface area contributed by atoms with Crippen LogP contribution in [0, 0.1) is 5.82 Å². The van der Waals surface area contributed by atoms with Crippen LogP contribution in [0.1, 0.15) is 22.3 Å². The van der Waals surface area contributed by atoms with Gasteiger partial charge < -0.3 is 4.90 Å². The van der Waals surface area contributed by atoms with Gasteiger partial charge in [-0.1, -0.05) is 17.7 Å². The average Bonchev–Trinajstić information content (AvgIpc) is 3.10. The summed E-state index contributed by atoms with van der Waals surface area (Å²) in [6, 6.07) is 11.8. The minimum Gasteiger partial charge on any atom is -0.308 e. The van der Waals surface area contributed by atoms with Crippen molar-refractivity contribution in [3.63, 3.8) is 0 Å². The third-order valence-corrected chi connectivity index (χ3v) is 4.54. The van der Waals surface area contributed by atoms with Gasteiger partial charge in [0.25, 0.3) is 5.91 Å². The molecule has 0 N–H and O–H groups in total. The second kappa shape index (κ2) is 6.33. The molecule has 2 heterocycles. The molecule has 0 radical (unpaired) electrons. The Balaban J connectivity index is 1.65. The van der Waals surface area contributed by atoms with Crippen LogP contribution in [0.15, 0.2) is 54.9 Å². The van der Waals surface area contributed by atoms with Crippen LogP contribution in [-0.4, -0.2) is 22.2 Å². The zero-order valence-electron chi connectivity index (χ0n) is 13.3. The number of carbonyl (C=O) groups excluding carboxylic acids is 1. The van der Waals surface area contributed by atoms with Gasteiger partial charge in [0.2, 0.25) is 0 Å². The normalized spacial score (nSPS) is 13.6. The summed E-state index contributed by atoms with van der Waals surface area (Å²) in [5, 5.41) is 4.87. The number of benzene rings is 2. The van der Waals surface area contributed by atoms with E-state index in [4.69, 9.17) is 11.6 Å². The van der Waals surface area contributed by atoms with E-state index >= 15 is 0 Å². The summed E-state index contributed by atoms with van der Waals surface area (Å²) in [6.07, 6.45) is 4.82. The molecule has 3 aromatic rings. The lowest BCUT2D eigenvalue weighted by atomic mass is 10.0. The summed E-state index contributed by atoms with van der Waals surface area (Å²) in [6.45, 7) is 0.611. The van der Waals surface area contributed by atoms with Crippen molar-refractivity contribution in [2.45, 2.75) is 12.8 Å². The topological polar surface area (TPSA) is 38.1 Å². The minimum atomic E-state index is -0.276. The summed E-state index contributed by atoms with van der Waals surface area (Å²) in [5.74, 6) is -0.414. The number of rotatable bonds is 2. The van der Waals surface area contributed by atoms with Gasteiger partial charge in [0, 0.05) is 23.5 Å². The van der Waals surface area contributed by atoms with Gasteiger partial charge in [-0.3, -0.25) is 4.79 Å². The fourth-order valence-electron chi connectivity index (χ4n) is 3.13. The third-order valence-electron chi connectivity index (χ3n) is 4.31. The lowest BCUT2D eigenvalue weighted by molar-refractivity contribution is 0.0985. The zero-order valence-corrected chi connectivity index (χ0v) is 14.1. The Morgan fingerprint density at radius 1 is 1.20 bits per heavy atom. The van der Waals surface area contributed by atoms with Crippen molar-refractivity contribution < 1.29 is 9.18 Å². The number of hydrogen-bond acceptors (Lipinski definition) is 2. The Labute approximate surface area is 149 Å². The lowest BCUT2D eigenvalue weighted by Crippen LogP contribution is -2.35. The van der Waals surface area contributed by atoms with Gasteiger partial charge in [-0.25, -0.2) is 9.07 Å². The van der Waals surface area contributed by atoms with Gasteiger partial charge in [-0.2, -0.15) is 5.10 Å². The molecular weight excluding hydrogens is 341 g/mol. The smallest absolute Gasteiger partial charge is 0.261 e. The highest BCUT2D eigenvalue weighted by atomic mass is 35.5. The molecule has 1 aliphatic rings. The molecule has 0 spiro atoms. The summed E-state index contributed by atoms with van der Waals surface area (Å²) in [5.41, 5.74) is 2.90. The number of halogens is 2. The van der Waals surface area contributed by atoms with Crippen LogP contribution in [0.2, 0.25) is 5.02 Å². The van der Waals surface area contributed by atoms with Gasteiger partial charge in [0.15, 0.2) is 0 Å². The van der Waals surface area contributed by atoms with E-state index in [1.807, 2.05) is 12.1 Å². The van der Waals surface area contributed by atoms with E-state index < -0.39 is 0 Å². The maximum atomic E-state index is 13.4. The predicted molar refractivity (Wildman–Crippen MR) is 95.0 cm³/mol. The summed E-state index contributed by atoms with van der Waals surface area (Å²) >= 11 is 6.01. The molecule has 25 heavy (non-hydrogen) atoms. The SMILES string of the molecule is O=C(c1cnn(-c2cccc(Cl)c2)c1)N1CCCc2cc(F)ccc21. The first-order chi connectivity index (χ1) is 12.1. The van der Waals surface area contributed by atoms with Crippen LogP contribution < -0.4 is 4.90 Å². The van der Waals surface area contributed by atoms with Crippen LogP contribution in [0.4, 0.5) is 10.1 Å². The highest BCUT2D eigenvalue weighted by molar-refractivity contribution is 6.30. The maximum absolute atomic E-state index is 13.4. The third kappa shape index (κ3) is 3.03. The highest BCUT2D eigenvalue weighted by Crippen LogP contribution is 2.29. The Morgan fingerprint density at radius 2 is 2.08 bits per heavy atom. The molecule has 0 aliphatic carbocycles. The Bertz CT molecular complexity index is 953. The Hall–Kier alpha value is -2.66. The number of nitrogens with zero attached hydrogens (tertiary/aromatic N) is 3. The fourth-order valence-corrected chi connectivity index (χ4v) is 3.31. The van der Waals surface area contributed by atoms with Crippen LogP contribution in [0.25, 0.3) is 5.69 Å². The van der Waals surface area contributed by atoms with Crippen molar-refractivity contribution in [2.24, 2.45) is 0 Å². The van der Waals surface area contributed by atoms with E-state index in [0.717, 1.165) is 29.8 Å². The molecule has 0 atom stereocenters. The van der Waals surface area contributed by atoms with E-state index in [1.165, 1.54) is 12.1 Å². The molecule has 0 fully saturated rings. The molecular formula is C19H15ClFN3O. The van der Waals surface area contributed by atoms with E-state index in [1.54, 1.807) is 40.2 Å². The number of aromatic nitrogens is 2. The molecule has 126 valence electrons. The number of hydrogen-bond donors (Lipinski definition) is 0. The first-order valence-corrected chi connectivity index (χ1v) is 8.40. The standard InChI is InChI=1S/C19H15ClFN3O/c20-15-4-1-5-17(10-15)24-12-14(11-22-24)19(25)23-8-2-3-13-9-16(21)6-7-18(13)23/h1,4-7,9-12H,2-3,8H2. The predicted octanol–water partition coefficient (Wildman–Crippen LogP) is 4.26. The lowest BCUT2D eigenvalue weighted by Gasteiger charge is -2.29. The summed E-state index contributed by atoms with van der Waals surface area (Å²) < 4.78 is 15.1. The van der Waals surface area contributed by atoms with Crippen LogP contribution in [-0.2, 0) is 6.42 Å². The Kier molecular flexibility index (Phi) is 4.01. The Morgan fingerprint density at radius 3 is 2.92 bits per heavy atom. The first kappa shape index (κ1) is 15.8. The number of fused-ring (bicyclic) bond motifs is 1. The van der Waals surface area contributed by atoms with Gasteiger partial charge in [0.05, 0.1) is 17.4 Å². The van der Waals surface area contributed by atoms with Gasteiger partial charge in [-0.05, 0) is 54.8 Å². The maximum Gasteiger partial charge on any atom is 0.261 e. The van der Waals surface area contributed by atoms with Gasteiger partial charge >= 0.3 is 0 Å². The second-order valence-corrected chi connectivity index (χ2v) is 6.42. The van der Waals surface area contributed by atoms with Crippen molar-refractivity contribution in [3.8, 4) is 5.69 Å². The number of anilines is 1. The van der Waals surface area contributed by atoms with Gasteiger partial charge in [-0.15, -0.1) is 0 Å². The van der Waals surface area contributed by atoms with Crippen molar-refractivity contribution in [3.05, 3.63) is 76.8 Å². The van der Waals surface area contributed by atoms with Crippen LogP contribution in [0.5, 0.6) is 0 Å². The molecule has 6 heteroatoms. The molecule has 0 bridgehead atoms. The molecule has 2 aromatic carbocycles. The highest BCUT2D eigenvalue weighted by Gasteiger charge is 2.25. The fraction of sp³-hybridized carbons (Fsp3) is 0.158. The molecule has 1 aromatic heterocycles. The first-order valence-electron chi connectivity index (χ1n) is 8.03. The van der Waals surface area contributed by atoms with E-state index in [0.29, 0.717) is 17.1 Å². The molecule has 0 saturated heterocycles. The van der Waals surface area contributed by atoms with Crippen molar-refractivity contribution >= 4 is 23.2 Å². The van der Waals surface area contributed by atoms with Gasteiger partial charge in [0.1, 0.15) is 5.82 Å². The largest absolute Gasteiger partial charge is 0.308 e. The van der Waals surface area contributed by atoms with Crippen LogP contribution in [0.3, 0.4) is 0 Å². The van der Waals surface area contributed by atoms with Crippen molar-refractivity contribution in [2.75, 3.05) is 11.4 Å². The number of carbonyl (C=O) groups is 1. The van der Waals surface area contributed by atoms with Crippen molar-refractivity contribution in [1.29, 1.82) is 0 Å². The quantitative estimate of drug-likeness (QED) is 0.689. The molecule has 0 saturated carbocycles. The summed E-state index contributed by atoms with van der Waals surface area (Å²) in [4.78, 5) is 14.6. The van der Waals surface area contributed by atoms with E-state index in [9.17, 15) is 9.18 Å². The minimum absolute atomic E-state index is 0.138. The van der Waals surface area contributed by atoms with Crippen LogP contribution >= 0.6 is 11.6 Å². The molecule has 1 aliphatic heterocycles.